The SMILES string of the molecule is OC[C@H]1O[C@@H](O)[C@@H](N(Cc2ccccc2)Cc2ccccc2)[C@@H](O)[C@@H]1O. The van der Waals surface area contributed by atoms with Gasteiger partial charge < -0.3 is 25.2 Å². The van der Waals surface area contributed by atoms with E-state index in [9.17, 15) is 20.4 Å². The van der Waals surface area contributed by atoms with Crippen molar-refractivity contribution >= 4 is 0 Å². The van der Waals surface area contributed by atoms with Crippen molar-refractivity contribution in [2.75, 3.05) is 6.61 Å². The highest BCUT2D eigenvalue weighted by molar-refractivity contribution is 5.18. The van der Waals surface area contributed by atoms with Gasteiger partial charge in [-0.1, -0.05) is 60.7 Å². The molecule has 0 radical (unpaired) electrons. The van der Waals surface area contributed by atoms with Crippen LogP contribution in [0, 0.1) is 0 Å². The van der Waals surface area contributed by atoms with Gasteiger partial charge >= 0.3 is 0 Å². The van der Waals surface area contributed by atoms with Crippen LogP contribution in [-0.4, -0.2) is 62.6 Å². The minimum absolute atomic E-state index is 0.467. The van der Waals surface area contributed by atoms with E-state index in [0.29, 0.717) is 13.1 Å². The summed E-state index contributed by atoms with van der Waals surface area (Å²) >= 11 is 0. The van der Waals surface area contributed by atoms with Crippen molar-refractivity contribution in [3.63, 3.8) is 0 Å². The third-order valence-corrected chi connectivity index (χ3v) is 4.75. The van der Waals surface area contributed by atoms with Gasteiger partial charge in [-0.15, -0.1) is 0 Å². The number of nitrogens with zero attached hydrogens (tertiary/aromatic N) is 1. The van der Waals surface area contributed by atoms with Crippen molar-refractivity contribution in [1.82, 2.24) is 4.90 Å². The fraction of sp³-hybridized carbons (Fsp3) is 0.400. The van der Waals surface area contributed by atoms with Crippen LogP contribution in [0.5, 0.6) is 0 Å². The van der Waals surface area contributed by atoms with E-state index in [2.05, 4.69) is 0 Å². The van der Waals surface area contributed by atoms with Gasteiger partial charge in [-0.05, 0) is 11.1 Å². The highest BCUT2D eigenvalue weighted by atomic mass is 16.6. The molecule has 5 atom stereocenters. The van der Waals surface area contributed by atoms with Crippen molar-refractivity contribution in [3.8, 4) is 0 Å². The second-order valence-electron chi connectivity index (χ2n) is 6.60. The highest BCUT2D eigenvalue weighted by Crippen LogP contribution is 2.26. The number of hydrogen-bond donors (Lipinski definition) is 4. The summed E-state index contributed by atoms with van der Waals surface area (Å²) in [4.78, 5) is 1.89. The monoisotopic (exact) mass is 359 g/mol. The Kier molecular flexibility index (Phi) is 6.37. The largest absolute Gasteiger partial charge is 0.394 e. The van der Waals surface area contributed by atoms with Crippen molar-refractivity contribution in [1.29, 1.82) is 0 Å². The lowest BCUT2D eigenvalue weighted by Gasteiger charge is -2.45. The lowest BCUT2D eigenvalue weighted by molar-refractivity contribution is -0.274. The molecule has 1 aliphatic heterocycles. The van der Waals surface area contributed by atoms with Crippen molar-refractivity contribution in [3.05, 3.63) is 71.8 Å². The molecule has 3 rings (SSSR count). The molecule has 0 aliphatic carbocycles. The Morgan fingerprint density at radius 2 is 1.27 bits per heavy atom. The average molecular weight is 359 g/mol. The Balaban J connectivity index is 1.86. The van der Waals surface area contributed by atoms with E-state index >= 15 is 0 Å². The second kappa shape index (κ2) is 8.73. The summed E-state index contributed by atoms with van der Waals surface area (Å²) in [5.41, 5.74) is 2.03. The normalized spacial score (nSPS) is 29.0. The number of ether oxygens (including phenoxy) is 1. The molecule has 1 saturated heterocycles. The standard InChI is InChI=1S/C20H25NO5/c22-13-16-18(23)19(24)17(20(25)26-16)21(11-14-7-3-1-4-8-14)12-15-9-5-2-6-10-15/h1-10,16-20,22-25H,11-13H2/t16-,17+,18-,19-,20-/m1/s1. The van der Waals surface area contributed by atoms with Crippen LogP contribution in [0.1, 0.15) is 11.1 Å². The molecule has 4 N–H and O–H groups in total. The molecule has 26 heavy (non-hydrogen) atoms. The molecule has 2 aromatic rings. The van der Waals surface area contributed by atoms with Crippen LogP contribution in [0.15, 0.2) is 60.7 Å². The van der Waals surface area contributed by atoms with Crippen molar-refractivity contribution in [2.45, 2.75) is 43.7 Å². The zero-order chi connectivity index (χ0) is 18.5. The zero-order valence-electron chi connectivity index (χ0n) is 14.4. The summed E-state index contributed by atoms with van der Waals surface area (Å²) in [5, 5.41) is 40.5. The van der Waals surface area contributed by atoms with Gasteiger partial charge in [0.2, 0.25) is 0 Å². The fourth-order valence-electron chi connectivity index (χ4n) is 3.38. The molecule has 0 aromatic heterocycles. The lowest BCUT2D eigenvalue weighted by Crippen LogP contribution is -2.63. The average Bonchev–Trinajstić information content (AvgIpc) is 2.66. The Bertz CT molecular complexity index is 627. The molecule has 1 aliphatic rings. The molecule has 140 valence electrons. The van der Waals surface area contributed by atoms with Crippen molar-refractivity contribution < 1.29 is 25.2 Å². The third-order valence-electron chi connectivity index (χ3n) is 4.75. The Morgan fingerprint density at radius 1 is 0.769 bits per heavy atom. The first kappa shape index (κ1) is 19.0. The quantitative estimate of drug-likeness (QED) is 0.600. The number of rotatable bonds is 6. The van der Waals surface area contributed by atoms with E-state index in [1.54, 1.807) is 0 Å². The maximum Gasteiger partial charge on any atom is 0.173 e. The predicted octanol–water partition coefficient (Wildman–Crippen LogP) is 0.489. The van der Waals surface area contributed by atoms with E-state index in [1.807, 2.05) is 65.6 Å². The molecular formula is C20H25NO5. The van der Waals surface area contributed by atoms with Gasteiger partial charge in [-0.2, -0.15) is 0 Å². The smallest absolute Gasteiger partial charge is 0.173 e. The summed E-state index contributed by atoms with van der Waals surface area (Å²) in [6.07, 6.45) is -4.85. The number of aliphatic hydroxyl groups excluding tert-OH is 4. The molecule has 1 fully saturated rings. The molecule has 0 saturated carbocycles. The topological polar surface area (TPSA) is 93.4 Å². The van der Waals surface area contributed by atoms with Gasteiger partial charge in [0.15, 0.2) is 6.29 Å². The van der Waals surface area contributed by atoms with Gasteiger partial charge in [-0.25, -0.2) is 0 Å². The molecule has 6 heteroatoms. The van der Waals surface area contributed by atoms with Crippen LogP contribution in [0.25, 0.3) is 0 Å². The third kappa shape index (κ3) is 4.29. The van der Waals surface area contributed by atoms with Crippen molar-refractivity contribution in [2.24, 2.45) is 0 Å². The van der Waals surface area contributed by atoms with Crippen LogP contribution in [0.4, 0.5) is 0 Å². The summed E-state index contributed by atoms with van der Waals surface area (Å²) < 4.78 is 5.34. The summed E-state index contributed by atoms with van der Waals surface area (Å²) in [5.74, 6) is 0. The highest BCUT2D eigenvalue weighted by Gasteiger charge is 2.46. The molecule has 2 aromatic carbocycles. The Labute approximate surface area is 152 Å². The number of aliphatic hydroxyl groups is 4. The van der Waals surface area contributed by atoms with Crippen LogP contribution >= 0.6 is 0 Å². The summed E-state index contributed by atoms with van der Waals surface area (Å²) in [6, 6.07) is 18.6. The van der Waals surface area contributed by atoms with Gasteiger partial charge in [0.1, 0.15) is 18.3 Å². The Morgan fingerprint density at radius 3 is 1.73 bits per heavy atom. The maximum atomic E-state index is 10.6. The van der Waals surface area contributed by atoms with Gasteiger partial charge in [-0.3, -0.25) is 4.90 Å². The fourth-order valence-corrected chi connectivity index (χ4v) is 3.38. The van der Waals surface area contributed by atoms with E-state index in [-0.39, 0.29) is 0 Å². The zero-order valence-corrected chi connectivity index (χ0v) is 14.4. The lowest BCUT2D eigenvalue weighted by atomic mass is 9.95. The van der Waals surface area contributed by atoms with Gasteiger partial charge in [0.25, 0.3) is 0 Å². The molecule has 0 bridgehead atoms. The number of hydrogen-bond acceptors (Lipinski definition) is 6. The molecule has 1 heterocycles. The molecule has 0 unspecified atom stereocenters. The first-order valence-electron chi connectivity index (χ1n) is 8.72. The molecule has 6 nitrogen and oxygen atoms in total. The molecule has 0 amide bonds. The van der Waals surface area contributed by atoms with Gasteiger partial charge in [0, 0.05) is 13.1 Å². The Hall–Kier alpha value is -1.80. The van der Waals surface area contributed by atoms with Crippen LogP contribution in [0.3, 0.4) is 0 Å². The van der Waals surface area contributed by atoms with E-state index < -0.39 is 37.3 Å². The first-order chi connectivity index (χ1) is 12.6. The molecular weight excluding hydrogens is 334 g/mol. The van der Waals surface area contributed by atoms with E-state index in [0.717, 1.165) is 11.1 Å². The second-order valence-corrected chi connectivity index (χ2v) is 6.60. The van der Waals surface area contributed by atoms with Crippen LogP contribution < -0.4 is 0 Å². The van der Waals surface area contributed by atoms with Crippen LogP contribution in [0.2, 0.25) is 0 Å². The maximum absolute atomic E-state index is 10.6. The summed E-state index contributed by atoms with van der Waals surface area (Å²) in [7, 11) is 0. The molecule has 0 spiro atoms. The number of benzene rings is 2. The van der Waals surface area contributed by atoms with E-state index in [4.69, 9.17) is 4.74 Å². The van der Waals surface area contributed by atoms with Crippen LogP contribution in [-0.2, 0) is 17.8 Å². The predicted molar refractivity (Wildman–Crippen MR) is 95.9 cm³/mol. The minimum Gasteiger partial charge on any atom is -0.394 e. The summed E-state index contributed by atoms with van der Waals surface area (Å²) in [6.45, 7) is 0.460. The van der Waals surface area contributed by atoms with Gasteiger partial charge in [0.05, 0.1) is 12.6 Å². The first-order valence-corrected chi connectivity index (χ1v) is 8.72. The van der Waals surface area contributed by atoms with E-state index in [1.165, 1.54) is 0 Å². The minimum atomic E-state index is -1.32.